The second-order valence-corrected chi connectivity index (χ2v) is 4.91. The summed E-state index contributed by atoms with van der Waals surface area (Å²) < 4.78 is 5.08. The molecule has 0 spiro atoms. The number of anilines is 1. The number of hydrogen-bond donors (Lipinski definition) is 2. The fourth-order valence-electron chi connectivity index (χ4n) is 1.74. The lowest BCUT2D eigenvalue weighted by Gasteiger charge is -2.10. The van der Waals surface area contributed by atoms with Gasteiger partial charge in [-0.2, -0.15) is 0 Å². The lowest BCUT2D eigenvalue weighted by Crippen LogP contribution is -2.07. The van der Waals surface area contributed by atoms with E-state index in [-0.39, 0.29) is 11.5 Å². The summed E-state index contributed by atoms with van der Waals surface area (Å²) in [5.41, 5.74) is 1.76. The van der Waals surface area contributed by atoms with E-state index in [0.717, 1.165) is 11.4 Å². The van der Waals surface area contributed by atoms with Gasteiger partial charge in [-0.1, -0.05) is 19.0 Å². The molecule has 20 heavy (non-hydrogen) atoms. The number of carbonyl (C=O) groups is 1. The van der Waals surface area contributed by atoms with Gasteiger partial charge in [0.05, 0.1) is 17.8 Å². The Bertz CT molecular complexity index is 620. The molecule has 0 radical (unpaired) electrons. The van der Waals surface area contributed by atoms with E-state index in [4.69, 9.17) is 9.63 Å². The van der Waals surface area contributed by atoms with E-state index in [1.54, 1.807) is 6.07 Å². The van der Waals surface area contributed by atoms with Crippen molar-refractivity contribution in [3.05, 3.63) is 40.9 Å². The summed E-state index contributed by atoms with van der Waals surface area (Å²) >= 11 is 0. The molecule has 6 heteroatoms. The summed E-state index contributed by atoms with van der Waals surface area (Å²) in [4.78, 5) is 15.5. The second kappa shape index (κ2) is 5.73. The van der Waals surface area contributed by atoms with Gasteiger partial charge in [-0.25, -0.2) is 9.78 Å². The topological polar surface area (TPSA) is 88.2 Å². The zero-order valence-electron chi connectivity index (χ0n) is 11.7. The Labute approximate surface area is 116 Å². The molecule has 2 rings (SSSR count). The molecule has 0 fully saturated rings. The maximum atomic E-state index is 11.1. The van der Waals surface area contributed by atoms with Gasteiger partial charge >= 0.3 is 5.97 Å². The molecular weight excluding hydrogens is 258 g/mol. The highest BCUT2D eigenvalue weighted by atomic mass is 16.5. The molecule has 0 aromatic carbocycles. The van der Waals surface area contributed by atoms with Crippen LogP contribution in [0.25, 0.3) is 0 Å². The maximum absolute atomic E-state index is 11.1. The highest BCUT2D eigenvalue weighted by Gasteiger charge is 2.11. The number of aromatic nitrogens is 2. The Morgan fingerprint density at radius 1 is 1.40 bits per heavy atom. The molecule has 0 aliphatic heterocycles. The van der Waals surface area contributed by atoms with Crippen LogP contribution in [0.1, 0.15) is 47.3 Å². The molecule has 0 saturated carbocycles. The largest absolute Gasteiger partial charge is 0.478 e. The first-order chi connectivity index (χ1) is 9.45. The summed E-state index contributed by atoms with van der Waals surface area (Å²) in [5.74, 6) is 0.383. The predicted molar refractivity (Wildman–Crippen MR) is 73.9 cm³/mol. The monoisotopic (exact) mass is 275 g/mol. The Hall–Kier alpha value is -2.37. The molecule has 0 bridgehead atoms. The molecule has 0 amide bonds. The van der Waals surface area contributed by atoms with Crippen LogP contribution >= 0.6 is 0 Å². The Morgan fingerprint density at radius 3 is 2.70 bits per heavy atom. The number of carboxylic acid groups (broad SMARTS) is 1. The number of hydrogen-bond acceptors (Lipinski definition) is 5. The molecule has 106 valence electrons. The van der Waals surface area contributed by atoms with E-state index >= 15 is 0 Å². The first-order valence-electron chi connectivity index (χ1n) is 6.37. The van der Waals surface area contributed by atoms with Gasteiger partial charge in [0, 0.05) is 11.8 Å². The van der Waals surface area contributed by atoms with Gasteiger partial charge < -0.3 is 14.9 Å². The fourth-order valence-corrected chi connectivity index (χ4v) is 1.74. The minimum Gasteiger partial charge on any atom is -0.478 e. The molecule has 6 nitrogen and oxygen atoms in total. The molecular formula is C14H17N3O3. The number of rotatable bonds is 5. The first-order valence-corrected chi connectivity index (χ1v) is 6.37. The van der Waals surface area contributed by atoms with Crippen molar-refractivity contribution in [3.63, 3.8) is 0 Å². The summed E-state index contributed by atoms with van der Waals surface area (Å²) in [6, 6.07) is 4.92. The van der Waals surface area contributed by atoms with Crippen molar-refractivity contribution in [1.29, 1.82) is 0 Å². The standard InChI is InChI=1S/C14H17N3O3/c1-8(2)12-5-10(14(18)19)6-13(16-12)15-7-11-4-9(3)17-20-11/h4-6,8H,7H2,1-3H3,(H,15,16)(H,18,19). The summed E-state index contributed by atoms with van der Waals surface area (Å²) in [5, 5.41) is 16.0. The molecule has 2 N–H and O–H groups in total. The van der Waals surface area contributed by atoms with Gasteiger partial charge in [-0.3, -0.25) is 0 Å². The van der Waals surface area contributed by atoms with Crippen LogP contribution in [-0.4, -0.2) is 21.2 Å². The lowest BCUT2D eigenvalue weighted by atomic mass is 10.1. The van der Waals surface area contributed by atoms with Crippen molar-refractivity contribution in [2.45, 2.75) is 33.2 Å². The zero-order chi connectivity index (χ0) is 14.7. The quantitative estimate of drug-likeness (QED) is 0.872. The minimum atomic E-state index is -0.965. The van der Waals surface area contributed by atoms with Crippen molar-refractivity contribution >= 4 is 11.8 Å². The molecule has 0 saturated heterocycles. The van der Waals surface area contributed by atoms with Crippen LogP contribution in [0.5, 0.6) is 0 Å². The predicted octanol–water partition coefficient (Wildman–Crippen LogP) is 2.81. The summed E-state index contributed by atoms with van der Waals surface area (Å²) in [6.07, 6.45) is 0. The number of aryl methyl sites for hydroxylation is 1. The van der Waals surface area contributed by atoms with Crippen molar-refractivity contribution in [2.24, 2.45) is 0 Å². The van der Waals surface area contributed by atoms with E-state index in [2.05, 4.69) is 15.5 Å². The maximum Gasteiger partial charge on any atom is 0.335 e. The highest BCUT2D eigenvalue weighted by Crippen LogP contribution is 2.18. The van der Waals surface area contributed by atoms with Crippen LogP contribution in [0.4, 0.5) is 5.82 Å². The highest BCUT2D eigenvalue weighted by molar-refractivity contribution is 5.88. The van der Waals surface area contributed by atoms with Crippen LogP contribution in [0.15, 0.2) is 22.7 Å². The van der Waals surface area contributed by atoms with E-state index in [0.29, 0.717) is 18.1 Å². The van der Waals surface area contributed by atoms with Crippen molar-refractivity contribution < 1.29 is 14.4 Å². The average Bonchev–Trinajstić information content (AvgIpc) is 2.81. The van der Waals surface area contributed by atoms with Gasteiger partial charge in [0.25, 0.3) is 0 Å². The number of pyridine rings is 1. The van der Waals surface area contributed by atoms with Gasteiger partial charge in [0.15, 0.2) is 5.76 Å². The van der Waals surface area contributed by atoms with Gasteiger partial charge in [-0.05, 0) is 25.0 Å². The third kappa shape index (κ3) is 3.34. The SMILES string of the molecule is Cc1cc(CNc2cc(C(=O)O)cc(C(C)C)n2)on1. The molecule has 0 unspecified atom stereocenters. The average molecular weight is 275 g/mol. The minimum absolute atomic E-state index is 0.155. The summed E-state index contributed by atoms with van der Waals surface area (Å²) in [7, 11) is 0. The van der Waals surface area contributed by atoms with Crippen molar-refractivity contribution in [1.82, 2.24) is 10.1 Å². The third-order valence-electron chi connectivity index (χ3n) is 2.80. The van der Waals surface area contributed by atoms with Crippen LogP contribution < -0.4 is 5.32 Å². The van der Waals surface area contributed by atoms with E-state index in [9.17, 15) is 4.79 Å². The second-order valence-electron chi connectivity index (χ2n) is 4.91. The smallest absolute Gasteiger partial charge is 0.335 e. The normalized spacial score (nSPS) is 10.8. The Morgan fingerprint density at radius 2 is 2.15 bits per heavy atom. The number of carboxylic acids is 1. The van der Waals surface area contributed by atoms with Crippen LogP contribution in [0, 0.1) is 6.92 Å². The number of nitrogens with one attached hydrogen (secondary N) is 1. The number of aromatic carboxylic acids is 1. The molecule has 0 atom stereocenters. The fraction of sp³-hybridized carbons (Fsp3) is 0.357. The van der Waals surface area contributed by atoms with Crippen LogP contribution in [-0.2, 0) is 6.54 Å². The lowest BCUT2D eigenvalue weighted by molar-refractivity contribution is 0.0696. The van der Waals surface area contributed by atoms with Crippen LogP contribution in [0.3, 0.4) is 0 Å². The van der Waals surface area contributed by atoms with Gasteiger partial charge in [0.2, 0.25) is 0 Å². The first kappa shape index (κ1) is 14.0. The third-order valence-corrected chi connectivity index (χ3v) is 2.80. The zero-order valence-corrected chi connectivity index (χ0v) is 11.7. The number of nitrogens with zero attached hydrogens (tertiary/aromatic N) is 2. The molecule has 2 aromatic rings. The van der Waals surface area contributed by atoms with E-state index in [1.807, 2.05) is 26.8 Å². The Kier molecular flexibility index (Phi) is 4.02. The van der Waals surface area contributed by atoms with Crippen molar-refractivity contribution in [2.75, 3.05) is 5.32 Å². The Balaban J connectivity index is 2.19. The molecule has 2 aromatic heterocycles. The van der Waals surface area contributed by atoms with Crippen LogP contribution in [0.2, 0.25) is 0 Å². The summed E-state index contributed by atoms with van der Waals surface area (Å²) in [6.45, 7) is 6.19. The van der Waals surface area contributed by atoms with Crippen molar-refractivity contribution in [3.8, 4) is 0 Å². The molecule has 0 aliphatic carbocycles. The van der Waals surface area contributed by atoms with Gasteiger partial charge in [-0.15, -0.1) is 0 Å². The molecule has 2 heterocycles. The van der Waals surface area contributed by atoms with E-state index < -0.39 is 5.97 Å². The van der Waals surface area contributed by atoms with E-state index in [1.165, 1.54) is 6.07 Å². The molecule has 0 aliphatic rings. The van der Waals surface area contributed by atoms with Gasteiger partial charge in [0.1, 0.15) is 5.82 Å².